The van der Waals surface area contributed by atoms with Gasteiger partial charge in [0.05, 0.1) is 5.02 Å². The fourth-order valence-corrected chi connectivity index (χ4v) is 2.31. The molecule has 2 nitrogen and oxygen atoms in total. The molecule has 1 fully saturated rings. The summed E-state index contributed by atoms with van der Waals surface area (Å²) in [5, 5.41) is 4.15. The summed E-state index contributed by atoms with van der Waals surface area (Å²) in [6.07, 6.45) is 2.60. The van der Waals surface area contributed by atoms with E-state index in [2.05, 4.69) is 11.4 Å². The summed E-state index contributed by atoms with van der Waals surface area (Å²) in [5.41, 5.74) is 2.34. The van der Waals surface area contributed by atoms with Crippen LogP contribution in [0.3, 0.4) is 0 Å². The standard InChI is InChI=1S/C17H18ClNO.ClH/c18-16-10-14(11-19-15-7-8-15)6-9-17(16)20-12-13-4-2-1-3-5-13;/h1-6,9-10,15,19H,7-8,11-12H2;1H. The number of nitrogens with one attached hydrogen (secondary N) is 1. The highest BCUT2D eigenvalue weighted by atomic mass is 35.5. The van der Waals surface area contributed by atoms with Crippen molar-refractivity contribution in [3.05, 3.63) is 64.7 Å². The smallest absolute Gasteiger partial charge is 0.138 e. The Labute approximate surface area is 136 Å². The largest absolute Gasteiger partial charge is 0.487 e. The Morgan fingerprint density at radius 3 is 2.48 bits per heavy atom. The van der Waals surface area contributed by atoms with Crippen molar-refractivity contribution in [3.8, 4) is 5.75 Å². The van der Waals surface area contributed by atoms with Crippen LogP contribution in [0.25, 0.3) is 0 Å². The van der Waals surface area contributed by atoms with E-state index < -0.39 is 0 Å². The van der Waals surface area contributed by atoms with Crippen molar-refractivity contribution in [2.75, 3.05) is 0 Å². The summed E-state index contributed by atoms with van der Waals surface area (Å²) < 4.78 is 5.76. The van der Waals surface area contributed by atoms with Gasteiger partial charge in [-0.15, -0.1) is 12.4 Å². The fourth-order valence-electron chi connectivity index (χ4n) is 2.06. The van der Waals surface area contributed by atoms with Crippen molar-refractivity contribution in [2.24, 2.45) is 0 Å². The first-order valence-electron chi connectivity index (χ1n) is 7.00. The number of ether oxygens (including phenoxy) is 1. The molecule has 0 aromatic heterocycles. The third-order valence-electron chi connectivity index (χ3n) is 3.41. The van der Waals surface area contributed by atoms with Gasteiger partial charge >= 0.3 is 0 Å². The highest BCUT2D eigenvalue weighted by Gasteiger charge is 2.20. The molecule has 21 heavy (non-hydrogen) atoms. The van der Waals surface area contributed by atoms with E-state index in [1.165, 1.54) is 18.4 Å². The number of hydrogen-bond acceptors (Lipinski definition) is 2. The summed E-state index contributed by atoms with van der Waals surface area (Å²) >= 11 is 6.27. The van der Waals surface area contributed by atoms with Crippen LogP contribution in [0, 0.1) is 0 Å². The van der Waals surface area contributed by atoms with Gasteiger partial charge in [0.1, 0.15) is 12.4 Å². The van der Waals surface area contributed by atoms with Gasteiger partial charge in [-0.25, -0.2) is 0 Å². The molecule has 0 atom stereocenters. The van der Waals surface area contributed by atoms with Crippen LogP contribution in [0.15, 0.2) is 48.5 Å². The van der Waals surface area contributed by atoms with E-state index in [4.69, 9.17) is 16.3 Å². The Morgan fingerprint density at radius 2 is 1.81 bits per heavy atom. The van der Waals surface area contributed by atoms with Crippen LogP contribution < -0.4 is 10.1 Å². The average Bonchev–Trinajstić information content (AvgIpc) is 3.29. The third-order valence-corrected chi connectivity index (χ3v) is 3.70. The molecule has 1 saturated carbocycles. The number of rotatable bonds is 6. The molecule has 1 N–H and O–H groups in total. The molecule has 0 heterocycles. The second-order valence-electron chi connectivity index (χ2n) is 5.19. The average molecular weight is 324 g/mol. The van der Waals surface area contributed by atoms with Crippen molar-refractivity contribution in [1.82, 2.24) is 5.32 Å². The first-order valence-corrected chi connectivity index (χ1v) is 7.37. The topological polar surface area (TPSA) is 21.3 Å². The summed E-state index contributed by atoms with van der Waals surface area (Å²) in [4.78, 5) is 0. The molecule has 2 aromatic carbocycles. The van der Waals surface area contributed by atoms with Crippen molar-refractivity contribution in [3.63, 3.8) is 0 Å². The second-order valence-corrected chi connectivity index (χ2v) is 5.60. The lowest BCUT2D eigenvalue weighted by Crippen LogP contribution is -2.15. The predicted molar refractivity (Wildman–Crippen MR) is 89.3 cm³/mol. The molecular formula is C17H19Cl2NO. The summed E-state index contributed by atoms with van der Waals surface area (Å²) in [7, 11) is 0. The van der Waals surface area contributed by atoms with Crippen LogP contribution in [0.2, 0.25) is 5.02 Å². The molecule has 112 valence electrons. The molecule has 2 aromatic rings. The van der Waals surface area contributed by atoms with Crippen molar-refractivity contribution in [2.45, 2.75) is 32.0 Å². The highest BCUT2D eigenvalue weighted by molar-refractivity contribution is 6.32. The van der Waals surface area contributed by atoms with E-state index in [1.807, 2.05) is 42.5 Å². The minimum absolute atomic E-state index is 0. The molecular weight excluding hydrogens is 305 g/mol. The summed E-state index contributed by atoms with van der Waals surface area (Å²) in [6, 6.07) is 16.8. The third kappa shape index (κ3) is 4.92. The molecule has 0 amide bonds. The van der Waals surface area contributed by atoms with Gasteiger partial charge < -0.3 is 10.1 Å². The molecule has 0 saturated heterocycles. The molecule has 0 radical (unpaired) electrons. The first kappa shape index (κ1) is 16.2. The van der Waals surface area contributed by atoms with Gasteiger partial charge in [-0.2, -0.15) is 0 Å². The zero-order chi connectivity index (χ0) is 13.8. The van der Waals surface area contributed by atoms with Crippen molar-refractivity contribution in [1.29, 1.82) is 0 Å². The lowest BCUT2D eigenvalue weighted by Gasteiger charge is -2.10. The fraction of sp³-hybridized carbons (Fsp3) is 0.294. The number of hydrogen-bond donors (Lipinski definition) is 1. The van der Waals surface area contributed by atoms with E-state index in [9.17, 15) is 0 Å². The molecule has 3 rings (SSSR count). The van der Waals surface area contributed by atoms with Crippen LogP contribution in [0.4, 0.5) is 0 Å². The van der Waals surface area contributed by atoms with Crippen LogP contribution in [0.5, 0.6) is 5.75 Å². The van der Waals surface area contributed by atoms with Gasteiger partial charge in [0.25, 0.3) is 0 Å². The molecule has 0 aliphatic heterocycles. The maximum atomic E-state index is 6.27. The van der Waals surface area contributed by atoms with Gasteiger partial charge in [0, 0.05) is 12.6 Å². The van der Waals surface area contributed by atoms with Crippen molar-refractivity contribution >= 4 is 24.0 Å². The van der Waals surface area contributed by atoms with E-state index in [1.54, 1.807) is 0 Å². The van der Waals surface area contributed by atoms with Gasteiger partial charge in [-0.1, -0.05) is 48.0 Å². The molecule has 1 aliphatic carbocycles. The van der Waals surface area contributed by atoms with E-state index in [0.29, 0.717) is 17.7 Å². The Balaban J connectivity index is 0.00000161. The Hall–Kier alpha value is -1.22. The maximum absolute atomic E-state index is 6.27. The monoisotopic (exact) mass is 323 g/mol. The van der Waals surface area contributed by atoms with Gasteiger partial charge in [-0.05, 0) is 36.1 Å². The summed E-state index contributed by atoms with van der Waals surface area (Å²) in [5.74, 6) is 0.741. The summed E-state index contributed by atoms with van der Waals surface area (Å²) in [6.45, 7) is 1.42. The Bertz CT molecular complexity index is 570. The molecule has 1 aliphatic rings. The van der Waals surface area contributed by atoms with E-state index in [-0.39, 0.29) is 12.4 Å². The first-order chi connectivity index (χ1) is 9.81. The van der Waals surface area contributed by atoms with E-state index in [0.717, 1.165) is 17.9 Å². The zero-order valence-electron chi connectivity index (χ0n) is 11.7. The second kappa shape index (κ2) is 7.69. The number of benzene rings is 2. The van der Waals surface area contributed by atoms with Crippen LogP contribution in [0.1, 0.15) is 24.0 Å². The minimum atomic E-state index is 0. The van der Waals surface area contributed by atoms with Gasteiger partial charge in [0.15, 0.2) is 0 Å². The molecule has 0 unspecified atom stereocenters. The minimum Gasteiger partial charge on any atom is -0.487 e. The molecule has 0 bridgehead atoms. The van der Waals surface area contributed by atoms with Crippen molar-refractivity contribution < 1.29 is 4.74 Å². The maximum Gasteiger partial charge on any atom is 0.138 e. The van der Waals surface area contributed by atoms with Gasteiger partial charge in [0.2, 0.25) is 0 Å². The predicted octanol–water partition coefficient (Wildman–Crippen LogP) is 4.59. The van der Waals surface area contributed by atoms with Crippen LogP contribution in [-0.2, 0) is 13.2 Å². The quantitative estimate of drug-likeness (QED) is 0.839. The zero-order valence-corrected chi connectivity index (χ0v) is 13.3. The SMILES string of the molecule is Cl.Clc1cc(CNC2CC2)ccc1OCc1ccccc1. The number of halogens is 2. The Kier molecular flexibility index (Phi) is 5.92. The van der Waals surface area contributed by atoms with Gasteiger partial charge in [-0.3, -0.25) is 0 Å². The van der Waals surface area contributed by atoms with Crippen LogP contribution in [-0.4, -0.2) is 6.04 Å². The molecule has 4 heteroatoms. The Morgan fingerprint density at radius 1 is 1.05 bits per heavy atom. The normalized spacial score (nSPS) is 13.6. The van der Waals surface area contributed by atoms with Crippen LogP contribution >= 0.6 is 24.0 Å². The molecule has 0 spiro atoms. The van der Waals surface area contributed by atoms with E-state index >= 15 is 0 Å². The lowest BCUT2D eigenvalue weighted by atomic mass is 10.2. The highest BCUT2D eigenvalue weighted by Crippen LogP contribution is 2.27. The lowest BCUT2D eigenvalue weighted by molar-refractivity contribution is 0.306.